The molecule has 0 bridgehead atoms. The fraction of sp³-hybridized carbons (Fsp3) is 0.250. The molecule has 1 saturated heterocycles. The normalized spacial score (nSPS) is 14.6. The first-order valence-electron chi connectivity index (χ1n) is 7.93. The van der Waals surface area contributed by atoms with Gasteiger partial charge in [0.25, 0.3) is 5.91 Å². The van der Waals surface area contributed by atoms with Gasteiger partial charge in [-0.15, -0.1) is 10.2 Å². The maximum atomic E-state index is 12.6. The van der Waals surface area contributed by atoms with Crippen molar-refractivity contribution in [3.05, 3.63) is 55.0 Å². The van der Waals surface area contributed by atoms with Gasteiger partial charge in [0.15, 0.2) is 0 Å². The highest BCUT2D eigenvalue weighted by Gasteiger charge is 2.23. The van der Waals surface area contributed by atoms with E-state index in [1.54, 1.807) is 54.0 Å². The molecule has 0 aromatic carbocycles. The minimum absolute atomic E-state index is 0.0172. The molecule has 3 aromatic heterocycles. The highest BCUT2D eigenvalue weighted by atomic mass is 16.2. The fourth-order valence-electron chi connectivity index (χ4n) is 2.73. The summed E-state index contributed by atoms with van der Waals surface area (Å²) in [7, 11) is 0. The van der Waals surface area contributed by atoms with Gasteiger partial charge in [0.2, 0.25) is 5.95 Å². The van der Waals surface area contributed by atoms with Crippen LogP contribution in [-0.2, 0) is 0 Å². The predicted molar refractivity (Wildman–Crippen MR) is 89.3 cm³/mol. The lowest BCUT2D eigenvalue weighted by Gasteiger charge is -2.34. The van der Waals surface area contributed by atoms with Gasteiger partial charge < -0.3 is 9.80 Å². The number of amides is 1. The largest absolute Gasteiger partial charge is 0.337 e. The Labute approximate surface area is 144 Å². The number of nitrogens with zero attached hydrogens (tertiary/aromatic N) is 8. The highest BCUT2D eigenvalue weighted by Crippen LogP contribution is 2.13. The molecule has 9 nitrogen and oxygen atoms in total. The summed E-state index contributed by atoms with van der Waals surface area (Å²) in [6.07, 6.45) is 8.17. The zero-order valence-electron chi connectivity index (χ0n) is 13.4. The number of rotatable bonds is 3. The number of pyridine rings is 1. The van der Waals surface area contributed by atoms with Gasteiger partial charge in [-0.25, -0.2) is 15.0 Å². The molecule has 4 heterocycles. The van der Waals surface area contributed by atoms with Gasteiger partial charge in [-0.2, -0.15) is 0 Å². The van der Waals surface area contributed by atoms with E-state index < -0.39 is 0 Å². The van der Waals surface area contributed by atoms with Crippen molar-refractivity contribution in [1.82, 2.24) is 34.6 Å². The molecule has 1 aliphatic rings. The minimum atomic E-state index is -0.0172. The van der Waals surface area contributed by atoms with E-state index in [1.807, 2.05) is 4.90 Å². The van der Waals surface area contributed by atoms with Crippen LogP contribution in [0, 0.1) is 0 Å². The predicted octanol–water partition coefficient (Wildman–Crippen LogP) is 0.415. The van der Waals surface area contributed by atoms with Crippen LogP contribution in [0.4, 0.5) is 5.95 Å². The molecule has 1 fully saturated rings. The van der Waals surface area contributed by atoms with Crippen LogP contribution in [0.5, 0.6) is 0 Å². The Morgan fingerprint density at radius 3 is 2.28 bits per heavy atom. The summed E-state index contributed by atoms with van der Waals surface area (Å²) in [6.45, 7) is 2.68. The molecule has 1 aliphatic heterocycles. The molecule has 25 heavy (non-hydrogen) atoms. The Morgan fingerprint density at radius 2 is 1.64 bits per heavy atom. The molecule has 0 unspecified atom stereocenters. The van der Waals surface area contributed by atoms with Crippen LogP contribution < -0.4 is 4.90 Å². The number of anilines is 1. The molecule has 126 valence electrons. The van der Waals surface area contributed by atoms with Gasteiger partial charge in [-0.1, -0.05) is 0 Å². The molecule has 0 atom stereocenters. The van der Waals surface area contributed by atoms with Crippen molar-refractivity contribution in [1.29, 1.82) is 0 Å². The number of carbonyl (C=O) groups excluding carboxylic acids is 1. The van der Waals surface area contributed by atoms with Gasteiger partial charge in [0, 0.05) is 44.8 Å². The SMILES string of the molecule is O=C(c1ccc(-n2cnnc2)nc1)N1CCN(c2ncccn2)CC1. The van der Waals surface area contributed by atoms with E-state index in [2.05, 4.69) is 30.0 Å². The Bertz CT molecular complexity index is 826. The number of carbonyl (C=O) groups is 1. The van der Waals surface area contributed by atoms with Gasteiger partial charge in [0.05, 0.1) is 5.56 Å². The van der Waals surface area contributed by atoms with E-state index in [-0.39, 0.29) is 5.91 Å². The first-order chi connectivity index (χ1) is 12.3. The van der Waals surface area contributed by atoms with Crippen molar-refractivity contribution in [2.75, 3.05) is 31.1 Å². The molecule has 0 saturated carbocycles. The molecular weight excluding hydrogens is 320 g/mol. The summed E-state index contributed by atoms with van der Waals surface area (Å²) in [4.78, 5) is 29.4. The lowest BCUT2D eigenvalue weighted by Crippen LogP contribution is -2.49. The van der Waals surface area contributed by atoms with E-state index in [0.717, 1.165) is 0 Å². The van der Waals surface area contributed by atoms with Gasteiger partial charge in [-0.05, 0) is 18.2 Å². The molecular formula is C16H16N8O. The van der Waals surface area contributed by atoms with Crippen LogP contribution in [0.15, 0.2) is 49.4 Å². The zero-order chi connectivity index (χ0) is 17.1. The van der Waals surface area contributed by atoms with Crippen LogP contribution in [0.25, 0.3) is 5.82 Å². The third-order valence-corrected chi connectivity index (χ3v) is 4.08. The van der Waals surface area contributed by atoms with E-state index in [0.29, 0.717) is 43.5 Å². The summed E-state index contributed by atoms with van der Waals surface area (Å²) >= 11 is 0. The Kier molecular flexibility index (Phi) is 4.03. The highest BCUT2D eigenvalue weighted by molar-refractivity contribution is 5.94. The van der Waals surface area contributed by atoms with Gasteiger partial charge >= 0.3 is 0 Å². The maximum Gasteiger partial charge on any atom is 0.255 e. The smallest absolute Gasteiger partial charge is 0.255 e. The third-order valence-electron chi connectivity index (χ3n) is 4.08. The van der Waals surface area contributed by atoms with E-state index >= 15 is 0 Å². The Hall–Kier alpha value is -3.36. The van der Waals surface area contributed by atoms with Crippen LogP contribution in [0.1, 0.15) is 10.4 Å². The standard InChI is InChI=1S/C16H16N8O/c25-15(13-2-3-14(19-10-13)24-11-20-21-12-24)22-6-8-23(9-7-22)16-17-4-1-5-18-16/h1-5,10-12H,6-9H2. The van der Waals surface area contributed by atoms with E-state index in [1.165, 1.54) is 0 Å². The summed E-state index contributed by atoms with van der Waals surface area (Å²) in [5.41, 5.74) is 0.571. The van der Waals surface area contributed by atoms with Crippen molar-refractivity contribution < 1.29 is 4.79 Å². The first-order valence-corrected chi connectivity index (χ1v) is 7.93. The fourth-order valence-corrected chi connectivity index (χ4v) is 2.73. The van der Waals surface area contributed by atoms with E-state index in [4.69, 9.17) is 0 Å². The summed E-state index contributed by atoms with van der Waals surface area (Å²) in [5, 5.41) is 7.49. The summed E-state index contributed by atoms with van der Waals surface area (Å²) < 4.78 is 1.69. The van der Waals surface area contributed by atoms with Crippen molar-refractivity contribution in [2.45, 2.75) is 0 Å². The van der Waals surface area contributed by atoms with Crippen molar-refractivity contribution in [3.8, 4) is 5.82 Å². The topological polar surface area (TPSA) is 92.9 Å². The lowest BCUT2D eigenvalue weighted by molar-refractivity contribution is 0.0746. The summed E-state index contributed by atoms with van der Waals surface area (Å²) in [5.74, 6) is 1.36. The lowest BCUT2D eigenvalue weighted by atomic mass is 10.2. The molecule has 0 aliphatic carbocycles. The van der Waals surface area contributed by atoms with Crippen LogP contribution >= 0.6 is 0 Å². The zero-order valence-corrected chi connectivity index (χ0v) is 13.4. The Balaban J connectivity index is 1.40. The van der Waals surface area contributed by atoms with Crippen LogP contribution in [0.2, 0.25) is 0 Å². The maximum absolute atomic E-state index is 12.6. The molecule has 3 aromatic rings. The molecule has 1 amide bonds. The third kappa shape index (κ3) is 3.16. The van der Waals surface area contributed by atoms with E-state index in [9.17, 15) is 4.79 Å². The second-order valence-corrected chi connectivity index (χ2v) is 5.60. The Morgan fingerprint density at radius 1 is 0.920 bits per heavy atom. The number of hydrogen-bond acceptors (Lipinski definition) is 7. The number of piperazine rings is 1. The van der Waals surface area contributed by atoms with Crippen molar-refractivity contribution in [2.24, 2.45) is 0 Å². The molecule has 4 rings (SSSR count). The second-order valence-electron chi connectivity index (χ2n) is 5.60. The second kappa shape index (κ2) is 6.63. The minimum Gasteiger partial charge on any atom is -0.337 e. The number of aromatic nitrogens is 6. The average Bonchev–Trinajstić information content (AvgIpc) is 3.23. The average molecular weight is 336 g/mol. The van der Waals surface area contributed by atoms with Crippen LogP contribution in [-0.4, -0.2) is 66.7 Å². The van der Waals surface area contributed by atoms with Crippen molar-refractivity contribution >= 4 is 11.9 Å². The summed E-state index contributed by atoms with van der Waals surface area (Å²) in [6, 6.07) is 5.35. The quantitative estimate of drug-likeness (QED) is 0.684. The molecule has 0 radical (unpaired) electrons. The van der Waals surface area contributed by atoms with Crippen LogP contribution in [0.3, 0.4) is 0 Å². The number of hydrogen-bond donors (Lipinski definition) is 0. The monoisotopic (exact) mass is 336 g/mol. The van der Waals surface area contributed by atoms with Gasteiger partial charge in [-0.3, -0.25) is 9.36 Å². The molecule has 0 N–H and O–H groups in total. The molecule has 9 heteroatoms. The first kappa shape index (κ1) is 15.2. The van der Waals surface area contributed by atoms with Crippen molar-refractivity contribution in [3.63, 3.8) is 0 Å². The van der Waals surface area contributed by atoms with Gasteiger partial charge in [0.1, 0.15) is 18.5 Å². The molecule has 0 spiro atoms.